The average molecular weight is 649 g/mol. The molecule has 0 saturated carbocycles. The molecule has 0 radical (unpaired) electrons. The van der Waals surface area contributed by atoms with Crippen molar-refractivity contribution in [3.63, 3.8) is 0 Å². The topological polar surface area (TPSA) is 69.2 Å². The van der Waals surface area contributed by atoms with Gasteiger partial charge >= 0.3 is 0 Å². The van der Waals surface area contributed by atoms with Crippen LogP contribution in [0.4, 0.5) is 0 Å². The van der Waals surface area contributed by atoms with E-state index in [0.29, 0.717) is 46.1 Å². The van der Waals surface area contributed by atoms with Crippen LogP contribution >= 0.6 is 45.8 Å². The summed E-state index contributed by atoms with van der Waals surface area (Å²) < 4.78 is 18.1. The number of hydrazone groups is 1. The molecule has 0 spiro atoms. The first kappa shape index (κ1) is 27.0. The van der Waals surface area contributed by atoms with Crippen LogP contribution in [-0.2, 0) is 6.61 Å². The van der Waals surface area contributed by atoms with Crippen LogP contribution in [0.3, 0.4) is 0 Å². The van der Waals surface area contributed by atoms with Crippen molar-refractivity contribution >= 4 is 68.7 Å². The number of carbonyl (C=O) groups excluding carboxylic acids is 1. The molecular formula is C28H23Cl2IN2O4. The predicted octanol–water partition coefficient (Wildman–Crippen LogP) is 7.50. The van der Waals surface area contributed by atoms with E-state index in [4.69, 9.17) is 37.4 Å². The highest BCUT2D eigenvalue weighted by Crippen LogP contribution is 2.35. The van der Waals surface area contributed by atoms with E-state index in [1.807, 2.05) is 55.5 Å². The molecule has 6 nitrogen and oxygen atoms in total. The summed E-state index contributed by atoms with van der Waals surface area (Å²) in [5.41, 5.74) is 4.60. The van der Waals surface area contributed by atoms with E-state index in [1.165, 1.54) is 7.11 Å². The van der Waals surface area contributed by atoms with Gasteiger partial charge < -0.3 is 14.2 Å². The second-order valence-corrected chi connectivity index (χ2v) is 9.88. The van der Waals surface area contributed by atoms with Gasteiger partial charge in [-0.2, -0.15) is 5.10 Å². The van der Waals surface area contributed by atoms with Crippen molar-refractivity contribution < 1.29 is 19.0 Å². The van der Waals surface area contributed by atoms with Crippen molar-refractivity contribution in [1.82, 2.24) is 5.43 Å². The van der Waals surface area contributed by atoms with Gasteiger partial charge in [-0.3, -0.25) is 4.79 Å². The Morgan fingerprint density at radius 2 is 1.73 bits per heavy atom. The van der Waals surface area contributed by atoms with Gasteiger partial charge in [-0.1, -0.05) is 53.5 Å². The summed E-state index contributed by atoms with van der Waals surface area (Å²) in [6.45, 7) is 2.65. The minimum absolute atomic E-state index is 0.296. The molecular weight excluding hydrogens is 626 g/mol. The Labute approximate surface area is 238 Å². The number of rotatable bonds is 9. The van der Waals surface area contributed by atoms with Crippen LogP contribution in [0.5, 0.6) is 17.2 Å². The van der Waals surface area contributed by atoms with Crippen molar-refractivity contribution in [2.75, 3.05) is 13.7 Å². The lowest BCUT2D eigenvalue weighted by atomic mass is 10.1. The molecule has 0 aliphatic rings. The average Bonchev–Trinajstić information content (AvgIpc) is 2.89. The summed E-state index contributed by atoms with van der Waals surface area (Å²) in [4.78, 5) is 12.8. The fourth-order valence-electron chi connectivity index (χ4n) is 3.64. The van der Waals surface area contributed by atoms with Crippen molar-refractivity contribution in [3.05, 3.63) is 97.0 Å². The fraction of sp³-hybridized carbons (Fsp3) is 0.143. The quantitative estimate of drug-likeness (QED) is 0.116. The molecule has 0 heterocycles. The van der Waals surface area contributed by atoms with Gasteiger partial charge in [-0.05, 0) is 87.8 Å². The lowest BCUT2D eigenvalue weighted by molar-refractivity contribution is 0.0952. The Morgan fingerprint density at radius 1 is 0.973 bits per heavy atom. The molecule has 37 heavy (non-hydrogen) atoms. The molecule has 0 saturated heterocycles. The Morgan fingerprint density at radius 3 is 2.43 bits per heavy atom. The minimum atomic E-state index is -0.375. The maximum absolute atomic E-state index is 12.8. The van der Waals surface area contributed by atoms with Crippen LogP contribution < -0.4 is 19.6 Å². The molecule has 4 aromatic rings. The number of hydrogen-bond donors (Lipinski definition) is 1. The molecule has 0 aliphatic carbocycles. The predicted molar refractivity (Wildman–Crippen MR) is 157 cm³/mol. The van der Waals surface area contributed by atoms with Crippen molar-refractivity contribution in [1.29, 1.82) is 0 Å². The number of hydrogen-bond acceptors (Lipinski definition) is 5. The monoisotopic (exact) mass is 648 g/mol. The first-order valence-electron chi connectivity index (χ1n) is 11.3. The van der Waals surface area contributed by atoms with Gasteiger partial charge in [0.15, 0.2) is 11.5 Å². The molecule has 0 fully saturated rings. The Kier molecular flexibility index (Phi) is 9.13. The molecule has 1 amide bonds. The van der Waals surface area contributed by atoms with Gasteiger partial charge in [0.05, 0.1) is 39.1 Å². The third kappa shape index (κ3) is 6.66. The molecule has 0 aliphatic heterocycles. The highest BCUT2D eigenvalue weighted by Gasteiger charge is 2.15. The fourth-order valence-corrected chi connectivity index (χ4v) is 4.74. The summed E-state index contributed by atoms with van der Waals surface area (Å²) in [5, 5.41) is 7.03. The Bertz CT molecular complexity index is 1480. The number of amides is 1. The van der Waals surface area contributed by atoms with Gasteiger partial charge in [-0.15, -0.1) is 0 Å². The molecule has 190 valence electrons. The summed E-state index contributed by atoms with van der Waals surface area (Å²) in [7, 11) is 1.53. The second-order valence-electron chi connectivity index (χ2n) is 7.90. The molecule has 4 aromatic carbocycles. The maximum atomic E-state index is 12.8. The van der Waals surface area contributed by atoms with Crippen LogP contribution in [0.25, 0.3) is 10.8 Å². The van der Waals surface area contributed by atoms with E-state index in [-0.39, 0.29) is 5.91 Å². The van der Waals surface area contributed by atoms with Crippen molar-refractivity contribution in [2.24, 2.45) is 5.10 Å². The molecule has 9 heteroatoms. The first-order valence-corrected chi connectivity index (χ1v) is 13.2. The lowest BCUT2D eigenvalue weighted by Crippen LogP contribution is -2.18. The zero-order valence-corrected chi connectivity index (χ0v) is 23.7. The van der Waals surface area contributed by atoms with Gasteiger partial charge in [0.2, 0.25) is 0 Å². The zero-order valence-electron chi connectivity index (χ0n) is 20.1. The Balaban J connectivity index is 1.50. The standard InChI is InChI=1S/C28H23Cl2IN2O4/c1-3-36-26-12-18(11-24(31)27(26)37-16-17-8-9-22(29)23(30)10-17)15-32-33-28(34)21-13-19-6-4-5-7-20(19)14-25(21)35-2/h4-15H,3,16H2,1-2H3,(H,33,34)/b32-15-. The Hall–Kier alpha value is -3.01. The van der Waals surface area contributed by atoms with Crippen LogP contribution in [0.1, 0.15) is 28.4 Å². The second kappa shape index (κ2) is 12.5. The molecule has 0 atom stereocenters. The number of benzene rings is 4. The zero-order chi connectivity index (χ0) is 26.4. The third-order valence-corrected chi connectivity index (χ3v) is 6.93. The van der Waals surface area contributed by atoms with E-state index >= 15 is 0 Å². The normalized spacial score (nSPS) is 11.1. The number of fused-ring (bicyclic) bond motifs is 1. The maximum Gasteiger partial charge on any atom is 0.275 e. The van der Waals surface area contributed by atoms with Crippen LogP contribution in [-0.4, -0.2) is 25.8 Å². The van der Waals surface area contributed by atoms with Crippen molar-refractivity contribution in [3.8, 4) is 17.2 Å². The number of carbonyl (C=O) groups is 1. The minimum Gasteiger partial charge on any atom is -0.496 e. The van der Waals surface area contributed by atoms with Crippen LogP contribution in [0.15, 0.2) is 71.8 Å². The van der Waals surface area contributed by atoms with Crippen molar-refractivity contribution in [2.45, 2.75) is 13.5 Å². The van der Waals surface area contributed by atoms with E-state index in [9.17, 15) is 4.79 Å². The van der Waals surface area contributed by atoms with Gasteiger partial charge in [-0.25, -0.2) is 5.43 Å². The summed E-state index contributed by atoms with van der Waals surface area (Å²) >= 11 is 14.3. The van der Waals surface area contributed by atoms with E-state index in [2.05, 4.69) is 33.1 Å². The molecule has 0 bridgehead atoms. The highest BCUT2D eigenvalue weighted by atomic mass is 127. The molecule has 1 N–H and O–H groups in total. The lowest BCUT2D eigenvalue weighted by Gasteiger charge is -2.15. The van der Waals surface area contributed by atoms with Crippen LogP contribution in [0, 0.1) is 3.57 Å². The summed E-state index contributed by atoms with van der Waals surface area (Å²) in [5.74, 6) is 1.28. The van der Waals surface area contributed by atoms with E-state index in [1.54, 1.807) is 24.4 Å². The highest BCUT2D eigenvalue weighted by molar-refractivity contribution is 14.1. The number of nitrogens with one attached hydrogen (secondary N) is 1. The van der Waals surface area contributed by atoms with E-state index < -0.39 is 0 Å². The molecule has 0 unspecified atom stereocenters. The number of halogens is 3. The molecule has 0 aromatic heterocycles. The van der Waals surface area contributed by atoms with Crippen LogP contribution in [0.2, 0.25) is 10.0 Å². The SMILES string of the molecule is CCOc1cc(/C=N\NC(=O)c2cc3ccccc3cc2OC)cc(I)c1OCc1ccc(Cl)c(Cl)c1. The smallest absolute Gasteiger partial charge is 0.275 e. The molecule has 4 rings (SSSR count). The van der Waals surface area contributed by atoms with E-state index in [0.717, 1.165) is 25.5 Å². The largest absolute Gasteiger partial charge is 0.496 e. The first-order chi connectivity index (χ1) is 17.9. The van der Waals surface area contributed by atoms with Gasteiger partial charge in [0.25, 0.3) is 5.91 Å². The third-order valence-electron chi connectivity index (χ3n) is 5.39. The number of nitrogens with zero attached hydrogens (tertiary/aromatic N) is 1. The van der Waals surface area contributed by atoms with Gasteiger partial charge in [0, 0.05) is 0 Å². The van der Waals surface area contributed by atoms with Gasteiger partial charge in [0.1, 0.15) is 12.4 Å². The summed E-state index contributed by atoms with van der Waals surface area (Å²) in [6, 6.07) is 20.4. The number of methoxy groups -OCH3 is 1. The summed E-state index contributed by atoms with van der Waals surface area (Å²) in [6.07, 6.45) is 1.55. The number of ether oxygens (including phenoxy) is 3.